The summed E-state index contributed by atoms with van der Waals surface area (Å²) in [7, 11) is 0. The lowest BCUT2D eigenvalue weighted by atomic mass is 9.61. The van der Waals surface area contributed by atoms with E-state index >= 15 is 0 Å². The highest BCUT2D eigenvalue weighted by Crippen LogP contribution is 2.28. The van der Waals surface area contributed by atoms with E-state index in [0.717, 1.165) is 17.4 Å². The first kappa shape index (κ1) is 18.5. The molecule has 0 saturated carbocycles. The Bertz CT molecular complexity index is 154. The zero-order chi connectivity index (χ0) is 13.8. The number of hydrogen-bond acceptors (Lipinski definition) is 0. The van der Waals surface area contributed by atoms with Crippen LogP contribution in [0.15, 0.2) is 0 Å². The summed E-state index contributed by atoms with van der Waals surface area (Å²) in [5.41, 5.74) is 0.751. The van der Waals surface area contributed by atoms with Crippen molar-refractivity contribution in [3.8, 4) is 0 Å². The van der Waals surface area contributed by atoms with Gasteiger partial charge in [-0.05, 0) is 11.8 Å². The van der Waals surface area contributed by atoms with E-state index in [2.05, 4.69) is 43.5 Å². The van der Waals surface area contributed by atoms with Crippen molar-refractivity contribution < 1.29 is 0 Å². The molecule has 0 saturated heterocycles. The molecule has 0 heterocycles. The van der Waals surface area contributed by atoms with E-state index in [4.69, 9.17) is 0 Å². The summed E-state index contributed by atoms with van der Waals surface area (Å²) in [5, 5.41) is 0. The Morgan fingerprint density at radius 1 is 0.778 bits per heavy atom. The fraction of sp³-hybridized carbons (Fsp3) is 1.00. The molecular formula is C16H34BBr. The van der Waals surface area contributed by atoms with Gasteiger partial charge in [-0.25, -0.2) is 0 Å². The van der Waals surface area contributed by atoms with Crippen molar-refractivity contribution in [2.24, 2.45) is 11.8 Å². The van der Waals surface area contributed by atoms with Crippen LogP contribution in [0.5, 0.6) is 0 Å². The first-order valence-corrected chi connectivity index (χ1v) is 9.23. The van der Waals surface area contributed by atoms with Crippen molar-refractivity contribution >= 4 is 21.3 Å². The predicted octanol–water partition coefficient (Wildman–Crippen LogP) is 6.81. The summed E-state index contributed by atoms with van der Waals surface area (Å²) >= 11 is 3.94. The average Bonchev–Trinajstić information content (AvgIpc) is 2.39. The van der Waals surface area contributed by atoms with Gasteiger partial charge < -0.3 is 0 Å². The van der Waals surface area contributed by atoms with Gasteiger partial charge in [0.25, 0.3) is 0 Å². The smallest absolute Gasteiger partial charge is 0.157 e. The van der Waals surface area contributed by atoms with Crippen LogP contribution >= 0.6 is 15.8 Å². The van der Waals surface area contributed by atoms with E-state index in [1.54, 1.807) is 0 Å². The molecule has 0 spiro atoms. The van der Waals surface area contributed by atoms with E-state index in [9.17, 15) is 0 Å². The zero-order valence-corrected chi connectivity index (χ0v) is 14.8. The highest BCUT2D eigenvalue weighted by atomic mass is 79.9. The summed E-state index contributed by atoms with van der Waals surface area (Å²) in [5.74, 6) is 1.89. The second-order valence-electron chi connectivity index (χ2n) is 5.90. The van der Waals surface area contributed by atoms with Gasteiger partial charge in [-0.3, -0.25) is 0 Å². The normalized spacial score (nSPS) is 14.5. The van der Waals surface area contributed by atoms with Crippen LogP contribution in [-0.2, 0) is 0 Å². The largest absolute Gasteiger partial charge is 0.223 e. The maximum absolute atomic E-state index is 3.94. The molecule has 0 radical (unpaired) electrons. The monoisotopic (exact) mass is 316 g/mol. The van der Waals surface area contributed by atoms with Crippen LogP contribution in [0.25, 0.3) is 0 Å². The molecule has 0 bridgehead atoms. The van der Waals surface area contributed by atoms with Crippen molar-refractivity contribution in [2.75, 3.05) is 0 Å². The number of halogens is 1. The van der Waals surface area contributed by atoms with Crippen LogP contribution in [0.4, 0.5) is 0 Å². The minimum Gasteiger partial charge on any atom is -0.157 e. The van der Waals surface area contributed by atoms with E-state index in [-0.39, 0.29) is 0 Å². The molecule has 0 aromatic rings. The first-order valence-electron chi connectivity index (χ1n) is 8.31. The van der Waals surface area contributed by atoms with Gasteiger partial charge in [-0.15, -0.1) is 0 Å². The van der Waals surface area contributed by atoms with Gasteiger partial charge in [0.15, 0.2) is 0 Å². The molecule has 2 heteroatoms. The molecule has 0 aliphatic rings. The Kier molecular flexibility index (Phi) is 13.0. The lowest BCUT2D eigenvalue weighted by Gasteiger charge is -2.20. The van der Waals surface area contributed by atoms with E-state index in [1.165, 1.54) is 64.0 Å². The quantitative estimate of drug-likeness (QED) is 0.347. The number of rotatable bonds is 12. The van der Waals surface area contributed by atoms with Crippen LogP contribution < -0.4 is 0 Å². The van der Waals surface area contributed by atoms with Gasteiger partial charge in [-0.1, -0.05) is 91.7 Å². The zero-order valence-electron chi connectivity index (χ0n) is 13.2. The topological polar surface area (TPSA) is 0 Å². The molecule has 0 amide bonds. The van der Waals surface area contributed by atoms with Gasteiger partial charge in [-0.2, -0.15) is 15.8 Å². The van der Waals surface area contributed by atoms with Gasteiger partial charge in [0.1, 0.15) is 0 Å². The predicted molar refractivity (Wildman–Crippen MR) is 90.9 cm³/mol. The Morgan fingerprint density at radius 2 is 1.17 bits per heavy atom. The second kappa shape index (κ2) is 12.6. The summed E-state index contributed by atoms with van der Waals surface area (Å²) in [4.78, 5) is 0. The number of hydrogen-bond donors (Lipinski definition) is 0. The molecular weight excluding hydrogens is 283 g/mol. The highest BCUT2D eigenvalue weighted by molar-refractivity contribution is 9.24. The molecule has 0 nitrogen and oxygen atoms in total. The van der Waals surface area contributed by atoms with Crippen LogP contribution in [0.1, 0.15) is 79.1 Å². The second-order valence-corrected chi connectivity index (χ2v) is 7.20. The molecule has 18 heavy (non-hydrogen) atoms. The van der Waals surface area contributed by atoms with Crippen LogP contribution in [0.3, 0.4) is 0 Å². The Balaban J connectivity index is 3.92. The summed E-state index contributed by atoms with van der Waals surface area (Å²) in [6.07, 6.45) is 13.9. The molecule has 0 N–H and O–H groups in total. The minimum atomic E-state index is 0.751. The molecule has 0 rings (SSSR count). The number of unbranched alkanes of at least 4 members (excludes halogenated alkanes) is 2. The third-order valence-electron chi connectivity index (χ3n) is 4.26. The molecule has 2 unspecified atom stereocenters. The fourth-order valence-corrected chi connectivity index (χ4v) is 3.84. The standard InChI is InChI=1S/C16H34BBr/c1-5-9-11-15(7-3)13-17(18)14-16(8-4)12-10-6-2/h15-16H,5-14H2,1-4H3. The maximum atomic E-state index is 3.94. The van der Waals surface area contributed by atoms with E-state index in [1.807, 2.05) is 0 Å². The molecule has 108 valence electrons. The van der Waals surface area contributed by atoms with Crippen molar-refractivity contribution in [2.45, 2.75) is 91.7 Å². The summed E-state index contributed by atoms with van der Waals surface area (Å²) < 4.78 is 0. The Hall–Kier alpha value is 0.545. The van der Waals surface area contributed by atoms with Crippen LogP contribution in [-0.4, -0.2) is 5.54 Å². The SMILES string of the molecule is CCCCC(CC)CB(Br)CC(CC)CCCC. The Morgan fingerprint density at radius 3 is 1.44 bits per heavy atom. The van der Waals surface area contributed by atoms with Crippen molar-refractivity contribution in [3.63, 3.8) is 0 Å². The molecule has 2 atom stereocenters. The molecule has 0 fully saturated rings. The van der Waals surface area contributed by atoms with Crippen molar-refractivity contribution in [3.05, 3.63) is 0 Å². The van der Waals surface area contributed by atoms with Gasteiger partial charge in [0, 0.05) is 0 Å². The Labute approximate surface area is 125 Å². The molecule has 0 aliphatic carbocycles. The minimum absolute atomic E-state index is 0.751. The fourth-order valence-electron chi connectivity index (χ4n) is 2.78. The molecule has 0 aromatic carbocycles. The van der Waals surface area contributed by atoms with Gasteiger partial charge in [0.2, 0.25) is 5.54 Å². The van der Waals surface area contributed by atoms with Crippen molar-refractivity contribution in [1.29, 1.82) is 0 Å². The maximum Gasteiger partial charge on any atom is 0.223 e. The van der Waals surface area contributed by atoms with E-state index < -0.39 is 0 Å². The van der Waals surface area contributed by atoms with Crippen molar-refractivity contribution in [1.82, 2.24) is 0 Å². The third kappa shape index (κ3) is 9.47. The van der Waals surface area contributed by atoms with Gasteiger partial charge >= 0.3 is 0 Å². The lowest BCUT2D eigenvalue weighted by molar-refractivity contribution is 0.473. The van der Waals surface area contributed by atoms with E-state index in [0.29, 0.717) is 0 Å². The first-order chi connectivity index (χ1) is 8.67. The molecule has 0 aromatic heterocycles. The van der Waals surface area contributed by atoms with Crippen LogP contribution in [0.2, 0.25) is 12.6 Å². The molecule has 0 aliphatic heterocycles. The van der Waals surface area contributed by atoms with Gasteiger partial charge in [0.05, 0.1) is 0 Å². The third-order valence-corrected chi connectivity index (χ3v) is 5.01. The average molecular weight is 317 g/mol. The lowest BCUT2D eigenvalue weighted by Crippen LogP contribution is -2.15. The summed E-state index contributed by atoms with van der Waals surface area (Å²) in [6.45, 7) is 9.31. The van der Waals surface area contributed by atoms with Crippen LogP contribution in [0, 0.1) is 11.8 Å². The summed E-state index contributed by atoms with van der Waals surface area (Å²) in [6, 6.07) is 0. The highest BCUT2D eigenvalue weighted by Gasteiger charge is 2.19.